The number of aromatic nitrogens is 3. The van der Waals surface area contributed by atoms with Crippen molar-refractivity contribution < 1.29 is 32.3 Å². The van der Waals surface area contributed by atoms with Gasteiger partial charge in [-0.1, -0.05) is 0 Å². The summed E-state index contributed by atoms with van der Waals surface area (Å²) >= 11 is 0. The van der Waals surface area contributed by atoms with Gasteiger partial charge in [0.05, 0.1) is 16.6 Å². The minimum atomic E-state index is -5.08. The Morgan fingerprint density at radius 3 is 2.50 bits per heavy atom. The lowest BCUT2D eigenvalue weighted by Crippen LogP contribution is -2.43. The van der Waals surface area contributed by atoms with Gasteiger partial charge in [-0.25, -0.2) is 19.0 Å². The maximum atomic E-state index is 14.8. The Morgan fingerprint density at radius 1 is 1.14 bits per heavy atom. The summed E-state index contributed by atoms with van der Waals surface area (Å²) in [4.78, 5) is 30.2. The number of amides is 2. The number of hydrogen-bond donors (Lipinski definition) is 3. The summed E-state index contributed by atoms with van der Waals surface area (Å²) in [6.07, 6.45) is -1.00. The largest absolute Gasteiger partial charge is 0.490 e. The molecular weight excluding hydrogens is 486 g/mol. The molecule has 0 saturated carbocycles. The first kappa shape index (κ1) is 25.2. The number of fused-ring (bicyclic) bond motifs is 2. The van der Waals surface area contributed by atoms with E-state index in [4.69, 9.17) is 9.90 Å². The number of carboxylic acid groups (broad SMARTS) is 1. The van der Waals surface area contributed by atoms with E-state index in [2.05, 4.69) is 25.6 Å². The Bertz CT molecular complexity index is 1290. The molecular formula is C22H23F4N7O3. The van der Waals surface area contributed by atoms with Crippen LogP contribution in [0.25, 0.3) is 10.9 Å². The molecule has 1 fully saturated rings. The van der Waals surface area contributed by atoms with E-state index in [1.54, 1.807) is 41.2 Å². The van der Waals surface area contributed by atoms with Gasteiger partial charge in [-0.3, -0.25) is 9.58 Å². The summed E-state index contributed by atoms with van der Waals surface area (Å²) in [6.45, 7) is 4.26. The van der Waals surface area contributed by atoms with Crippen molar-refractivity contribution >= 4 is 40.1 Å². The second kappa shape index (κ2) is 9.97. The van der Waals surface area contributed by atoms with E-state index in [9.17, 15) is 22.4 Å². The van der Waals surface area contributed by atoms with Crippen molar-refractivity contribution in [3.05, 3.63) is 42.0 Å². The summed E-state index contributed by atoms with van der Waals surface area (Å²) < 4.78 is 48.1. The number of nitrogens with zero attached hydrogens (tertiary/aromatic N) is 5. The van der Waals surface area contributed by atoms with Crippen molar-refractivity contribution in [3.63, 3.8) is 0 Å². The third kappa shape index (κ3) is 5.17. The zero-order chi connectivity index (χ0) is 26.0. The van der Waals surface area contributed by atoms with Crippen LogP contribution in [-0.2, 0) is 18.3 Å². The van der Waals surface area contributed by atoms with Crippen LogP contribution in [0.2, 0.25) is 0 Å². The highest BCUT2D eigenvalue weighted by Crippen LogP contribution is 2.34. The van der Waals surface area contributed by atoms with Gasteiger partial charge in [0.25, 0.3) is 0 Å². The van der Waals surface area contributed by atoms with Gasteiger partial charge in [-0.2, -0.15) is 18.3 Å². The van der Waals surface area contributed by atoms with Crippen molar-refractivity contribution in [3.8, 4) is 0 Å². The molecule has 4 heterocycles. The second-order valence-corrected chi connectivity index (χ2v) is 8.17. The van der Waals surface area contributed by atoms with Crippen LogP contribution in [0.4, 0.5) is 39.5 Å². The normalized spacial score (nSPS) is 15.4. The SMILES string of the molecule is Cn1cc2c(F)c(NC(=O)N3CCc4c(N5CCNCC5)ccnc43)ccc2n1.O=C(O)C(F)(F)F. The van der Waals surface area contributed by atoms with E-state index in [1.807, 2.05) is 6.07 Å². The summed E-state index contributed by atoms with van der Waals surface area (Å²) in [7, 11) is 1.74. The number of carboxylic acids is 1. The average Bonchev–Trinajstić information content (AvgIpc) is 3.45. The van der Waals surface area contributed by atoms with Crippen LogP contribution in [0.5, 0.6) is 0 Å². The van der Waals surface area contributed by atoms with Crippen LogP contribution in [0, 0.1) is 5.82 Å². The number of aryl methyl sites for hydroxylation is 1. The van der Waals surface area contributed by atoms with Gasteiger partial charge in [-0.05, 0) is 24.6 Å². The number of alkyl halides is 3. The van der Waals surface area contributed by atoms with E-state index in [-0.39, 0.29) is 11.7 Å². The first-order valence-corrected chi connectivity index (χ1v) is 11.0. The van der Waals surface area contributed by atoms with Crippen LogP contribution < -0.4 is 20.4 Å². The average molecular weight is 509 g/mol. The molecule has 0 unspecified atom stereocenters. The molecule has 10 nitrogen and oxygen atoms in total. The highest BCUT2D eigenvalue weighted by molar-refractivity contribution is 6.04. The Morgan fingerprint density at radius 2 is 1.83 bits per heavy atom. The zero-order valence-electron chi connectivity index (χ0n) is 19.1. The van der Waals surface area contributed by atoms with E-state index < -0.39 is 18.0 Å². The molecule has 2 aliphatic heterocycles. The lowest BCUT2D eigenvalue weighted by molar-refractivity contribution is -0.192. The summed E-state index contributed by atoms with van der Waals surface area (Å²) in [6, 6.07) is 4.88. The van der Waals surface area contributed by atoms with Crippen molar-refractivity contribution in [2.45, 2.75) is 12.6 Å². The molecule has 1 saturated heterocycles. The Balaban J connectivity index is 0.000000384. The van der Waals surface area contributed by atoms with Crippen molar-refractivity contribution in [1.29, 1.82) is 0 Å². The molecule has 3 N–H and O–H groups in total. The summed E-state index contributed by atoms with van der Waals surface area (Å²) in [5.74, 6) is -2.58. The Kier molecular flexibility index (Phi) is 6.97. The number of rotatable bonds is 2. The van der Waals surface area contributed by atoms with Crippen LogP contribution in [0.1, 0.15) is 5.56 Å². The third-order valence-corrected chi connectivity index (χ3v) is 5.77. The number of piperazine rings is 1. The number of urea groups is 1. The molecule has 14 heteroatoms. The number of pyridine rings is 1. The highest BCUT2D eigenvalue weighted by Gasteiger charge is 2.38. The fourth-order valence-electron chi connectivity index (χ4n) is 4.13. The molecule has 3 aromatic rings. The smallest absolute Gasteiger partial charge is 0.475 e. The van der Waals surface area contributed by atoms with Crippen LogP contribution in [0.3, 0.4) is 0 Å². The van der Waals surface area contributed by atoms with Gasteiger partial charge in [0.1, 0.15) is 5.82 Å². The molecule has 0 aliphatic carbocycles. The Labute approximate surface area is 202 Å². The second-order valence-electron chi connectivity index (χ2n) is 8.17. The standard InChI is InChI=1S/C20H22FN7O.C2HF3O2/c1-26-12-14-15(25-26)2-3-16(18(14)21)24-20(29)28-9-5-13-17(4-6-23-19(13)28)27-10-7-22-8-11-27;3-2(4,5)1(6)7/h2-4,6,12,22H,5,7-11H2,1H3,(H,24,29);(H,6,7). The maximum Gasteiger partial charge on any atom is 0.490 e. The number of benzene rings is 1. The van der Waals surface area contributed by atoms with Gasteiger partial charge in [0, 0.05) is 63.4 Å². The van der Waals surface area contributed by atoms with Crippen LogP contribution >= 0.6 is 0 Å². The molecule has 192 valence electrons. The van der Waals surface area contributed by atoms with Crippen molar-refractivity contribution in [2.24, 2.45) is 7.05 Å². The number of carbonyl (C=O) groups is 2. The summed E-state index contributed by atoms with van der Waals surface area (Å²) in [5, 5.41) is 17.8. The first-order valence-electron chi connectivity index (χ1n) is 11.0. The van der Waals surface area contributed by atoms with E-state index in [0.717, 1.165) is 43.9 Å². The predicted octanol–water partition coefficient (Wildman–Crippen LogP) is 2.74. The lowest BCUT2D eigenvalue weighted by atomic mass is 10.1. The number of nitrogens with one attached hydrogen (secondary N) is 2. The van der Waals surface area contributed by atoms with Gasteiger partial charge in [-0.15, -0.1) is 0 Å². The topological polar surface area (TPSA) is 116 Å². The molecule has 0 bridgehead atoms. The summed E-state index contributed by atoms with van der Waals surface area (Å²) in [5.41, 5.74) is 2.90. The highest BCUT2D eigenvalue weighted by atomic mass is 19.4. The lowest BCUT2D eigenvalue weighted by Gasteiger charge is -2.31. The zero-order valence-corrected chi connectivity index (χ0v) is 19.1. The predicted molar refractivity (Wildman–Crippen MR) is 124 cm³/mol. The van der Waals surface area contributed by atoms with Crippen molar-refractivity contribution in [2.75, 3.05) is 47.8 Å². The third-order valence-electron chi connectivity index (χ3n) is 5.77. The molecule has 36 heavy (non-hydrogen) atoms. The van der Waals surface area contributed by atoms with Gasteiger partial charge in [0.15, 0.2) is 5.82 Å². The molecule has 0 radical (unpaired) electrons. The molecule has 1 aromatic carbocycles. The maximum absolute atomic E-state index is 14.8. The number of hydrogen-bond acceptors (Lipinski definition) is 6. The molecule has 2 aliphatic rings. The number of aliphatic carboxylic acids is 1. The van der Waals surface area contributed by atoms with Crippen molar-refractivity contribution in [1.82, 2.24) is 20.1 Å². The van der Waals surface area contributed by atoms with Gasteiger partial charge in [0.2, 0.25) is 0 Å². The number of carbonyl (C=O) groups excluding carboxylic acids is 1. The fourth-order valence-corrected chi connectivity index (χ4v) is 4.13. The van der Waals surface area contributed by atoms with E-state index in [1.165, 1.54) is 0 Å². The molecule has 5 rings (SSSR count). The molecule has 0 spiro atoms. The van der Waals surface area contributed by atoms with Crippen LogP contribution in [-0.4, -0.2) is 70.8 Å². The molecule has 0 atom stereocenters. The minimum absolute atomic E-state index is 0.141. The first-order chi connectivity index (χ1) is 17.1. The van der Waals surface area contributed by atoms with Gasteiger partial charge < -0.3 is 20.6 Å². The number of halogens is 4. The quantitative estimate of drug-likeness (QED) is 0.455. The monoisotopic (exact) mass is 509 g/mol. The number of anilines is 3. The fraction of sp³-hybridized carbons (Fsp3) is 0.364. The van der Waals surface area contributed by atoms with Gasteiger partial charge >= 0.3 is 18.2 Å². The van der Waals surface area contributed by atoms with E-state index >= 15 is 0 Å². The molecule has 2 amide bonds. The molecule has 2 aromatic heterocycles. The van der Waals surface area contributed by atoms with E-state index in [0.29, 0.717) is 23.3 Å². The minimum Gasteiger partial charge on any atom is -0.475 e. The van der Waals surface area contributed by atoms with Crippen LogP contribution in [0.15, 0.2) is 30.6 Å². The Hall–Kier alpha value is -3.94.